The second-order valence-electron chi connectivity index (χ2n) is 10.9. The van der Waals surface area contributed by atoms with E-state index in [4.69, 9.17) is 0 Å². The number of nitrogens with zero attached hydrogens (tertiary/aromatic N) is 6. The maximum atomic E-state index is 2.61. The predicted octanol–water partition coefficient (Wildman–Crippen LogP) is 5.08. The Morgan fingerprint density at radius 3 is 1.66 bits per heavy atom. The topological polar surface area (TPSA) is 23.5 Å². The van der Waals surface area contributed by atoms with Crippen molar-refractivity contribution in [2.75, 3.05) is 54.0 Å². The van der Waals surface area contributed by atoms with Crippen molar-refractivity contribution in [3.63, 3.8) is 0 Å². The number of aromatic nitrogens is 3. The van der Waals surface area contributed by atoms with Crippen LogP contribution in [0.3, 0.4) is 0 Å². The summed E-state index contributed by atoms with van der Waals surface area (Å²) in [5.41, 5.74) is 9.29. The molecule has 7 rings (SSSR count). The molecule has 0 fully saturated rings. The maximum absolute atomic E-state index is 2.61. The van der Waals surface area contributed by atoms with Crippen molar-refractivity contribution in [2.45, 2.75) is 19.9 Å². The van der Waals surface area contributed by atoms with Crippen LogP contribution < -0.4 is 19.3 Å². The van der Waals surface area contributed by atoms with Gasteiger partial charge in [-0.3, -0.25) is 0 Å². The van der Waals surface area contributed by atoms with Gasteiger partial charge in [0.05, 0.1) is 5.69 Å². The molecule has 0 saturated carbocycles. The standard InChI is InChI=1S/C32H37N6/c1-5-35-15-17-37-18-16-36(6-2)30-22-38(21-29(35)32(30)37)31(25-7-9-27-23(19-25)11-13-33(27)3)26-8-10-28-24(20-26)12-14-34(28)4/h7-14,19-22,31H,5-6,15-18H2,1-4H3/q+1. The van der Waals surface area contributed by atoms with E-state index in [2.05, 4.69) is 130 Å². The summed E-state index contributed by atoms with van der Waals surface area (Å²) in [7, 11) is 4.24. The zero-order valence-electron chi connectivity index (χ0n) is 22.9. The minimum Gasteiger partial charge on any atom is -0.364 e. The average Bonchev–Trinajstić information content (AvgIpc) is 3.50. The molecule has 194 valence electrons. The molecule has 6 heteroatoms. The quantitative estimate of drug-likeness (QED) is 0.311. The second-order valence-corrected chi connectivity index (χ2v) is 10.9. The van der Waals surface area contributed by atoms with E-state index >= 15 is 0 Å². The lowest BCUT2D eigenvalue weighted by atomic mass is 9.95. The first kappa shape index (κ1) is 23.2. The smallest absolute Gasteiger partial charge is 0.209 e. The van der Waals surface area contributed by atoms with Crippen molar-refractivity contribution in [3.05, 3.63) is 84.4 Å². The van der Waals surface area contributed by atoms with E-state index in [1.807, 2.05) is 0 Å². The van der Waals surface area contributed by atoms with E-state index in [-0.39, 0.29) is 6.04 Å². The lowest BCUT2D eigenvalue weighted by molar-refractivity contribution is -0.703. The minimum absolute atomic E-state index is 0.0699. The molecule has 0 saturated heterocycles. The Labute approximate surface area is 224 Å². The normalized spacial score (nSPS) is 15.2. The highest BCUT2D eigenvalue weighted by Gasteiger charge is 2.36. The van der Waals surface area contributed by atoms with Gasteiger partial charge in [0, 0.05) is 98.7 Å². The van der Waals surface area contributed by atoms with Gasteiger partial charge in [0.1, 0.15) is 11.4 Å². The highest BCUT2D eigenvalue weighted by molar-refractivity contribution is 5.86. The first-order valence-corrected chi connectivity index (χ1v) is 14.0. The highest BCUT2D eigenvalue weighted by atomic mass is 15.3. The largest absolute Gasteiger partial charge is 0.364 e. The number of rotatable bonds is 5. The van der Waals surface area contributed by atoms with E-state index in [0.29, 0.717) is 0 Å². The molecule has 2 aliphatic heterocycles. The van der Waals surface area contributed by atoms with Crippen LogP contribution in [-0.4, -0.2) is 48.4 Å². The van der Waals surface area contributed by atoms with Crippen molar-refractivity contribution in [1.82, 2.24) is 9.13 Å². The van der Waals surface area contributed by atoms with Crippen LogP contribution in [0.2, 0.25) is 0 Å². The molecule has 0 radical (unpaired) electrons. The number of aryl methyl sites for hydroxylation is 2. The summed E-state index contributed by atoms with van der Waals surface area (Å²) in [6.45, 7) is 11.0. The van der Waals surface area contributed by atoms with E-state index in [9.17, 15) is 0 Å². The fraction of sp³-hybridized carbons (Fsp3) is 0.344. The van der Waals surface area contributed by atoms with Crippen LogP contribution in [0.5, 0.6) is 0 Å². The zero-order valence-corrected chi connectivity index (χ0v) is 22.9. The van der Waals surface area contributed by atoms with Crippen LogP contribution in [0, 0.1) is 0 Å². The third-order valence-corrected chi connectivity index (χ3v) is 8.82. The van der Waals surface area contributed by atoms with Crippen LogP contribution in [0.4, 0.5) is 17.1 Å². The van der Waals surface area contributed by atoms with Crippen LogP contribution in [0.25, 0.3) is 21.8 Å². The first-order valence-electron chi connectivity index (χ1n) is 14.0. The Balaban J connectivity index is 1.48. The summed E-state index contributed by atoms with van der Waals surface area (Å²) in [5.74, 6) is 0. The number of anilines is 3. The van der Waals surface area contributed by atoms with Crippen molar-refractivity contribution in [3.8, 4) is 0 Å². The van der Waals surface area contributed by atoms with Crippen molar-refractivity contribution >= 4 is 38.9 Å². The fourth-order valence-electron chi connectivity index (χ4n) is 6.70. The van der Waals surface area contributed by atoms with E-state index in [0.717, 1.165) is 39.3 Å². The molecular weight excluding hydrogens is 468 g/mol. The summed E-state index contributed by atoms with van der Waals surface area (Å²) in [4.78, 5) is 7.72. The van der Waals surface area contributed by atoms with Gasteiger partial charge in [-0.1, -0.05) is 0 Å². The van der Waals surface area contributed by atoms with Crippen LogP contribution in [0.15, 0.2) is 73.3 Å². The molecule has 2 aliphatic rings. The van der Waals surface area contributed by atoms with Gasteiger partial charge in [0.2, 0.25) is 6.04 Å². The summed E-state index contributed by atoms with van der Waals surface area (Å²) in [6, 6.07) is 18.5. The number of pyridine rings is 1. The molecular formula is C32H37N6+. The van der Waals surface area contributed by atoms with Gasteiger partial charge in [-0.15, -0.1) is 0 Å². The Hall–Kier alpha value is -3.93. The Morgan fingerprint density at radius 2 is 1.18 bits per heavy atom. The zero-order chi connectivity index (χ0) is 26.0. The summed E-state index contributed by atoms with van der Waals surface area (Å²) in [5, 5.41) is 2.57. The summed E-state index contributed by atoms with van der Waals surface area (Å²) >= 11 is 0. The highest BCUT2D eigenvalue weighted by Crippen LogP contribution is 2.43. The van der Waals surface area contributed by atoms with Crippen molar-refractivity contribution in [2.24, 2.45) is 14.1 Å². The molecule has 2 aromatic carbocycles. The SMILES string of the molecule is CCN1CCN2CCN(CC)c3c[n+](C(c4ccc5c(ccn5C)c4)c4ccc5c(ccn5C)c4)cc1c32. The summed E-state index contributed by atoms with van der Waals surface area (Å²) < 4.78 is 6.89. The van der Waals surface area contributed by atoms with Crippen LogP contribution >= 0.6 is 0 Å². The molecule has 0 N–H and O–H groups in total. The van der Waals surface area contributed by atoms with E-state index in [1.54, 1.807) is 0 Å². The number of likely N-dealkylation sites (N-methyl/N-ethyl adjacent to an activating group) is 2. The van der Waals surface area contributed by atoms with E-state index in [1.165, 1.54) is 50.0 Å². The molecule has 38 heavy (non-hydrogen) atoms. The molecule has 0 amide bonds. The Bertz CT molecular complexity index is 1540. The molecule has 0 bridgehead atoms. The van der Waals surface area contributed by atoms with Gasteiger partial charge in [0.25, 0.3) is 0 Å². The second kappa shape index (κ2) is 8.83. The van der Waals surface area contributed by atoms with E-state index < -0.39 is 0 Å². The molecule has 6 nitrogen and oxygen atoms in total. The third kappa shape index (κ3) is 3.50. The molecule has 0 spiro atoms. The summed E-state index contributed by atoms with van der Waals surface area (Å²) in [6.07, 6.45) is 9.15. The maximum Gasteiger partial charge on any atom is 0.209 e. The van der Waals surface area contributed by atoms with Gasteiger partial charge < -0.3 is 23.8 Å². The van der Waals surface area contributed by atoms with Gasteiger partial charge in [-0.2, -0.15) is 4.57 Å². The first-order chi connectivity index (χ1) is 18.6. The average molecular weight is 506 g/mol. The monoisotopic (exact) mass is 505 g/mol. The van der Waals surface area contributed by atoms with Gasteiger partial charge >= 0.3 is 0 Å². The molecule has 5 heterocycles. The molecule has 5 aromatic rings. The van der Waals surface area contributed by atoms with Crippen molar-refractivity contribution < 1.29 is 4.57 Å². The lowest BCUT2D eigenvalue weighted by Gasteiger charge is -2.44. The molecule has 0 unspecified atom stereocenters. The van der Waals surface area contributed by atoms with Crippen LogP contribution in [-0.2, 0) is 14.1 Å². The number of benzene rings is 2. The van der Waals surface area contributed by atoms with Crippen LogP contribution in [0.1, 0.15) is 31.0 Å². The Morgan fingerprint density at radius 1 is 0.684 bits per heavy atom. The molecule has 3 aromatic heterocycles. The number of hydrogen-bond donors (Lipinski definition) is 0. The number of fused-ring (bicyclic) bond motifs is 2. The fourth-order valence-corrected chi connectivity index (χ4v) is 6.70. The Kier molecular flexibility index (Phi) is 5.39. The number of hydrogen-bond acceptors (Lipinski definition) is 3. The van der Waals surface area contributed by atoms with Gasteiger partial charge in [-0.25, -0.2) is 0 Å². The lowest BCUT2D eigenvalue weighted by Crippen LogP contribution is -2.51. The predicted molar refractivity (Wildman–Crippen MR) is 158 cm³/mol. The van der Waals surface area contributed by atoms with Gasteiger partial charge in [0.15, 0.2) is 12.4 Å². The third-order valence-electron chi connectivity index (χ3n) is 8.82. The van der Waals surface area contributed by atoms with Gasteiger partial charge in [-0.05, 0) is 62.4 Å². The van der Waals surface area contributed by atoms with Crippen molar-refractivity contribution in [1.29, 1.82) is 0 Å². The molecule has 0 aliphatic carbocycles. The minimum atomic E-state index is 0.0699. The molecule has 0 atom stereocenters.